The molecule has 262 valence electrons. The Morgan fingerprint density at radius 2 is 0.648 bits per heavy atom. The number of aryl methyl sites for hydroxylation is 4. The smallest absolute Gasteiger partial charge is 0.0712 e. The molecule has 0 aliphatic heterocycles. The zero-order valence-corrected chi connectivity index (χ0v) is 32.4. The van der Waals surface area contributed by atoms with Crippen LogP contribution < -0.4 is 0 Å². The fourth-order valence-corrected chi connectivity index (χ4v) is 9.65. The fourth-order valence-electron chi connectivity index (χ4n) is 9.65. The van der Waals surface area contributed by atoms with E-state index >= 15 is 0 Å². The maximum Gasteiger partial charge on any atom is 0.0712 e. The third-order valence-corrected chi connectivity index (χ3v) is 12.8. The number of nitrogens with zero attached hydrogens (tertiary/aromatic N) is 2. The molecule has 2 aliphatic rings. The van der Waals surface area contributed by atoms with Gasteiger partial charge in [-0.3, -0.25) is 0 Å². The van der Waals surface area contributed by atoms with Crippen molar-refractivity contribution < 1.29 is 0 Å². The summed E-state index contributed by atoms with van der Waals surface area (Å²) in [5.41, 5.74) is 25.0. The van der Waals surface area contributed by atoms with Crippen molar-refractivity contribution >= 4 is 21.8 Å². The van der Waals surface area contributed by atoms with E-state index in [1.807, 2.05) is 0 Å². The second-order valence-electron chi connectivity index (χ2n) is 16.9. The van der Waals surface area contributed by atoms with Crippen molar-refractivity contribution in [3.05, 3.63) is 166 Å². The number of pyridine rings is 2. The van der Waals surface area contributed by atoms with E-state index in [4.69, 9.17) is 9.97 Å². The molecule has 2 aliphatic carbocycles. The number of benzene rings is 6. The standard InChI is InChI=1S/C52H44N2/c1-29-21-39-41-23-31(3)37(49-19-17-33-13-9-11-15-47(33)53-49)27-45(41)51(5,6)43(39)25-35(29)36-26-44-40(22-30(36)2)42-24-32(4)38(28-46(42)52(44,7)8)50-20-18-34-14-10-12-16-48(34)54-50/h9-28H,1-8H3. The summed E-state index contributed by atoms with van der Waals surface area (Å²) in [7, 11) is 0. The van der Waals surface area contributed by atoms with Crippen LogP contribution in [0.5, 0.6) is 0 Å². The van der Waals surface area contributed by atoms with Crippen LogP contribution in [-0.2, 0) is 10.8 Å². The monoisotopic (exact) mass is 696 g/mol. The number of hydrogen-bond donors (Lipinski definition) is 0. The summed E-state index contributed by atoms with van der Waals surface area (Å²) >= 11 is 0. The Bertz CT molecular complexity index is 2720. The molecule has 0 amide bonds. The van der Waals surface area contributed by atoms with Gasteiger partial charge >= 0.3 is 0 Å². The topological polar surface area (TPSA) is 25.8 Å². The quantitative estimate of drug-likeness (QED) is 0.184. The normalized spacial score (nSPS) is 14.6. The molecular formula is C52H44N2. The first-order chi connectivity index (χ1) is 25.9. The van der Waals surface area contributed by atoms with Crippen molar-refractivity contribution in [3.8, 4) is 55.9 Å². The highest BCUT2D eigenvalue weighted by atomic mass is 14.7. The van der Waals surface area contributed by atoms with Crippen LogP contribution in [0.1, 0.15) is 72.2 Å². The van der Waals surface area contributed by atoms with Crippen LogP contribution in [-0.4, -0.2) is 9.97 Å². The molecule has 0 atom stereocenters. The number of aromatic nitrogens is 2. The lowest BCUT2D eigenvalue weighted by Crippen LogP contribution is -2.16. The van der Waals surface area contributed by atoms with Gasteiger partial charge in [0.15, 0.2) is 0 Å². The summed E-state index contributed by atoms with van der Waals surface area (Å²) in [5, 5.41) is 2.34. The van der Waals surface area contributed by atoms with E-state index in [9.17, 15) is 0 Å². The van der Waals surface area contributed by atoms with Crippen molar-refractivity contribution in [3.63, 3.8) is 0 Å². The second-order valence-corrected chi connectivity index (χ2v) is 16.9. The molecule has 54 heavy (non-hydrogen) atoms. The summed E-state index contributed by atoms with van der Waals surface area (Å²) in [5.74, 6) is 0. The van der Waals surface area contributed by atoms with E-state index in [2.05, 4.69) is 177 Å². The average molecular weight is 697 g/mol. The van der Waals surface area contributed by atoms with Crippen LogP contribution in [0.25, 0.3) is 77.7 Å². The van der Waals surface area contributed by atoms with Crippen molar-refractivity contribution in [2.75, 3.05) is 0 Å². The van der Waals surface area contributed by atoms with E-state index in [-0.39, 0.29) is 10.8 Å². The highest BCUT2D eigenvalue weighted by Crippen LogP contribution is 2.55. The predicted octanol–water partition coefficient (Wildman–Crippen LogP) is 13.6. The molecule has 0 radical (unpaired) electrons. The third-order valence-electron chi connectivity index (χ3n) is 12.8. The zero-order chi connectivity index (χ0) is 37.3. The molecular weight excluding hydrogens is 653 g/mol. The minimum absolute atomic E-state index is 0.155. The van der Waals surface area contributed by atoms with E-state index in [1.165, 1.54) is 99.8 Å². The number of rotatable bonds is 3. The molecule has 10 rings (SSSR count). The van der Waals surface area contributed by atoms with Gasteiger partial charge in [-0.05, 0) is 154 Å². The lowest BCUT2D eigenvalue weighted by Gasteiger charge is -2.25. The molecule has 0 spiro atoms. The molecule has 0 unspecified atom stereocenters. The lowest BCUT2D eigenvalue weighted by molar-refractivity contribution is 0.659. The number of fused-ring (bicyclic) bond motifs is 8. The van der Waals surface area contributed by atoms with Crippen molar-refractivity contribution in [1.29, 1.82) is 0 Å². The van der Waals surface area contributed by atoms with Gasteiger partial charge in [0.25, 0.3) is 0 Å². The minimum Gasteiger partial charge on any atom is -0.248 e. The molecule has 0 N–H and O–H groups in total. The van der Waals surface area contributed by atoms with Crippen LogP contribution in [0, 0.1) is 27.7 Å². The summed E-state index contributed by atoms with van der Waals surface area (Å²) in [6, 6.07) is 45.0. The van der Waals surface area contributed by atoms with E-state index < -0.39 is 0 Å². The Labute approximate surface area is 318 Å². The molecule has 0 saturated heterocycles. The highest BCUT2D eigenvalue weighted by Gasteiger charge is 2.39. The summed E-state index contributed by atoms with van der Waals surface area (Å²) < 4.78 is 0. The van der Waals surface area contributed by atoms with Crippen LogP contribution in [0.4, 0.5) is 0 Å². The lowest BCUT2D eigenvalue weighted by atomic mass is 9.78. The Balaban J connectivity index is 1.06. The van der Waals surface area contributed by atoms with Crippen LogP contribution >= 0.6 is 0 Å². The van der Waals surface area contributed by atoms with Gasteiger partial charge in [0.1, 0.15) is 0 Å². The SMILES string of the molecule is Cc1cc2c(cc1-c1ccc3ccccc3n1)C(C)(C)c1cc(-c3cc4c(cc3C)-c3cc(C)c(-c5ccc6ccccc6n5)cc3C4(C)C)c(C)cc1-2. The largest absolute Gasteiger partial charge is 0.248 e. The summed E-state index contributed by atoms with van der Waals surface area (Å²) in [6.07, 6.45) is 0. The molecule has 2 heterocycles. The van der Waals surface area contributed by atoms with Crippen LogP contribution in [0.2, 0.25) is 0 Å². The first kappa shape index (κ1) is 32.8. The first-order valence-electron chi connectivity index (χ1n) is 19.2. The maximum absolute atomic E-state index is 5.09. The molecule has 8 aromatic rings. The Morgan fingerprint density at radius 3 is 1.02 bits per heavy atom. The van der Waals surface area contributed by atoms with Gasteiger partial charge in [-0.25, -0.2) is 9.97 Å². The fraction of sp³-hybridized carbons (Fsp3) is 0.192. The van der Waals surface area contributed by atoms with E-state index in [1.54, 1.807) is 0 Å². The summed E-state index contributed by atoms with van der Waals surface area (Å²) in [4.78, 5) is 10.2. The molecule has 2 aromatic heterocycles. The summed E-state index contributed by atoms with van der Waals surface area (Å²) in [6.45, 7) is 18.6. The Hall–Kier alpha value is -5.86. The van der Waals surface area contributed by atoms with Crippen molar-refractivity contribution in [1.82, 2.24) is 9.97 Å². The van der Waals surface area contributed by atoms with Crippen LogP contribution in [0.15, 0.2) is 121 Å². The molecule has 2 heteroatoms. The maximum atomic E-state index is 5.09. The van der Waals surface area contributed by atoms with E-state index in [0.717, 1.165) is 22.4 Å². The van der Waals surface area contributed by atoms with Gasteiger partial charge in [-0.1, -0.05) is 100 Å². The third kappa shape index (κ3) is 4.65. The molecule has 6 aromatic carbocycles. The van der Waals surface area contributed by atoms with Gasteiger partial charge in [0.2, 0.25) is 0 Å². The minimum atomic E-state index is -0.155. The van der Waals surface area contributed by atoms with Gasteiger partial charge < -0.3 is 0 Å². The van der Waals surface area contributed by atoms with Gasteiger partial charge in [-0.15, -0.1) is 0 Å². The Morgan fingerprint density at radius 1 is 0.333 bits per heavy atom. The van der Waals surface area contributed by atoms with Crippen LogP contribution in [0.3, 0.4) is 0 Å². The molecule has 0 fully saturated rings. The van der Waals surface area contributed by atoms with Gasteiger partial charge in [0, 0.05) is 32.7 Å². The first-order valence-corrected chi connectivity index (χ1v) is 19.2. The van der Waals surface area contributed by atoms with E-state index in [0.29, 0.717) is 0 Å². The van der Waals surface area contributed by atoms with Gasteiger partial charge in [-0.2, -0.15) is 0 Å². The predicted molar refractivity (Wildman–Crippen MR) is 227 cm³/mol. The molecule has 0 saturated carbocycles. The number of para-hydroxylation sites is 2. The second kappa shape index (κ2) is 11.3. The zero-order valence-electron chi connectivity index (χ0n) is 32.4. The average Bonchev–Trinajstić information content (AvgIpc) is 3.49. The van der Waals surface area contributed by atoms with Gasteiger partial charge in [0.05, 0.1) is 22.4 Å². The van der Waals surface area contributed by atoms with Crippen molar-refractivity contribution in [2.24, 2.45) is 0 Å². The molecule has 0 bridgehead atoms. The number of hydrogen-bond acceptors (Lipinski definition) is 2. The van der Waals surface area contributed by atoms with Crippen molar-refractivity contribution in [2.45, 2.75) is 66.2 Å². The molecule has 2 nitrogen and oxygen atoms in total. The Kier molecular flexibility index (Phi) is 6.87. The highest BCUT2D eigenvalue weighted by molar-refractivity contribution is 5.92.